The molecular formula is C19H19N3O4. The third kappa shape index (κ3) is 2.13. The number of aromatic amines is 2. The van der Waals surface area contributed by atoms with Crippen molar-refractivity contribution in [2.24, 2.45) is 0 Å². The molecule has 26 heavy (non-hydrogen) atoms. The molecule has 0 radical (unpaired) electrons. The van der Waals surface area contributed by atoms with Gasteiger partial charge in [0.25, 0.3) is 5.56 Å². The molecular weight excluding hydrogens is 334 g/mol. The van der Waals surface area contributed by atoms with Crippen LogP contribution in [0.2, 0.25) is 0 Å². The molecule has 134 valence electrons. The van der Waals surface area contributed by atoms with E-state index in [0.29, 0.717) is 21.9 Å². The van der Waals surface area contributed by atoms with Crippen LogP contribution in [0.25, 0.3) is 33.1 Å². The molecule has 4 aromatic rings. The van der Waals surface area contributed by atoms with Crippen LogP contribution in [0.5, 0.6) is 5.75 Å². The second-order valence-electron chi connectivity index (χ2n) is 7.12. The van der Waals surface area contributed by atoms with Crippen LogP contribution in [0.4, 0.5) is 0 Å². The lowest BCUT2D eigenvalue weighted by atomic mass is 10.1. The summed E-state index contributed by atoms with van der Waals surface area (Å²) in [5.41, 5.74) is 1.33. The van der Waals surface area contributed by atoms with Gasteiger partial charge in [0.15, 0.2) is 11.2 Å². The molecule has 3 aromatic heterocycles. The molecule has 1 aliphatic carbocycles. The predicted octanol–water partition coefficient (Wildman–Crippen LogP) is 3.52. The van der Waals surface area contributed by atoms with Crippen molar-refractivity contribution < 1.29 is 9.52 Å². The van der Waals surface area contributed by atoms with E-state index in [9.17, 15) is 14.7 Å². The van der Waals surface area contributed by atoms with Gasteiger partial charge in [0.2, 0.25) is 11.2 Å². The van der Waals surface area contributed by atoms with E-state index in [0.717, 1.165) is 31.3 Å². The van der Waals surface area contributed by atoms with Crippen molar-refractivity contribution in [2.45, 2.75) is 44.6 Å². The average molecular weight is 353 g/mol. The van der Waals surface area contributed by atoms with E-state index in [4.69, 9.17) is 4.42 Å². The Kier molecular flexibility index (Phi) is 3.25. The van der Waals surface area contributed by atoms with Crippen LogP contribution in [0.3, 0.4) is 0 Å². The normalized spacial score (nSPS) is 16.6. The number of phenols is 1. The largest absolute Gasteiger partial charge is 0.502 e. The first-order valence-electron chi connectivity index (χ1n) is 9.05. The van der Waals surface area contributed by atoms with E-state index < -0.39 is 11.2 Å². The molecule has 5 rings (SSSR count). The van der Waals surface area contributed by atoms with Crippen LogP contribution >= 0.6 is 0 Å². The van der Waals surface area contributed by atoms with Gasteiger partial charge in [-0.3, -0.25) is 19.4 Å². The molecule has 0 amide bonds. The molecule has 0 atom stereocenters. The Morgan fingerprint density at radius 2 is 1.85 bits per heavy atom. The van der Waals surface area contributed by atoms with Crippen molar-refractivity contribution in [3.05, 3.63) is 38.8 Å². The number of fused-ring (bicyclic) bond motifs is 4. The molecule has 0 bridgehead atoms. The van der Waals surface area contributed by atoms with Gasteiger partial charge in [-0.25, -0.2) is 0 Å². The van der Waals surface area contributed by atoms with E-state index >= 15 is 0 Å². The van der Waals surface area contributed by atoms with Gasteiger partial charge in [-0.2, -0.15) is 0 Å². The smallest absolute Gasteiger partial charge is 0.273 e. The van der Waals surface area contributed by atoms with Gasteiger partial charge in [0, 0.05) is 5.39 Å². The molecule has 7 nitrogen and oxygen atoms in total. The first kappa shape index (κ1) is 15.3. The molecule has 0 unspecified atom stereocenters. The monoisotopic (exact) mass is 353 g/mol. The van der Waals surface area contributed by atoms with Crippen molar-refractivity contribution in [1.29, 1.82) is 0 Å². The maximum Gasteiger partial charge on any atom is 0.273 e. The highest BCUT2D eigenvalue weighted by Crippen LogP contribution is 2.34. The number of furan rings is 1. The van der Waals surface area contributed by atoms with Crippen LogP contribution in [0.1, 0.15) is 44.6 Å². The van der Waals surface area contributed by atoms with E-state index in [2.05, 4.69) is 10.1 Å². The Hall–Kier alpha value is -2.96. The van der Waals surface area contributed by atoms with Gasteiger partial charge in [-0.1, -0.05) is 25.7 Å². The minimum absolute atomic E-state index is 0.147. The molecule has 7 heteroatoms. The minimum Gasteiger partial charge on any atom is -0.502 e. The van der Waals surface area contributed by atoms with Crippen molar-refractivity contribution >= 4 is 33.1 Å². The number of nitrogens with one attached hydrogen (secondary N) is 2. The number of aromatic hydroxyl groups is 1. The first-order chi connectivity index (χ1) is 12.6. The standard InChI is InChI=1S/C19H19N3O4/c23-13-8-7-11-15-14(26-17(11)16(13)24)9-12-18(20-15)22(21-19(12)25)10-5-3-1-2-4-6-10/h7-10,20,24H,1-6H2,(H,21,25). The van der Waals surface area contributed by atoms with E-state index in [1.54, 1.807) is 12.1 Å². The van der Waals surface area contributed by atoms with Gasteiger partial charge >= 0.3 is 0 Å². The number of hydrogen-bond donors (Lipinski definition) is 3. The Balaban J connectivity index is 1.81. The van der Waals surface area contributed by atoms with Crippen molar-refractivity contribution in [3.8, 4) is 5.75 Å². The first-order valence-corrected chi connectivity index (χ1v) is 9.05. The summed E-state index contributed by atoms with van der Waals surface area (Å²) in [5.74, 6) is -0.405. The topological polar surface area (TPSA) is 104 Å². The van der Waals surface area contributed by atoms with Crippen molar-refractivity contribution in [2.75, 3.05) is 0 Å². The molecule has 1 aliphatic rings. The van der Waals surface area contributed by atoms with E-state index in [1.165, 1.54) is 18.9 Å². The average Bonchev–Trinajstić information content (AvgIpc) is 3.01. The second-order valence-corrected chi connectivity index (χ2v) is 7.12. The maximum absolute atomic E-state index is 12.5. The lowest BCUT2D eigenvalue weighted by molar-refractivity contribution is 0.413. The van der Waals surface area contributed by atoms with Crippen LogP contribution in [0, 0.1) is 0 Å². The number of phenolic OH excluding ortho intramolecular Hbond substituents is 1. The fourth-order valence-electron chi connectivity index (χ4n) is 4.14. The quantitative estimate of drug-likeness (QED) is 0.455. The zero-order valence-corrected chi connectivity index (χ0v) is 14.2. The van der Waals surface area contributed by atoms with Gasteiger partial charge < -0.3 is 14.5 Å². The van der Waals surface area contributed by atoms with E-state index in [1.807, 2.05) is 4.68 Å². The van der Waals surface area contributed by atoms with Crippen molar-refractivity contribution in [1.82, 2.24) is 14.8 Å². The fourth-order valence-corrected chi connectivity index (χ4v) is 4.14. The van der Waals surface area contributed by atoms with Gasteiger partial charge in [-0.15, -0.1) is 0 Å². The number of pyridine rings is 1. The summed E-state index contributed by atoms with van der Waals surface area (Å²) in [4.78, 5) is 27.4. The van der Waals surface area contributed by atoms with Gasteiger partial charge in [0.1, 0.15) is 5.65 Å². The molecule has 1 saturated carbocycles. The number of nitrogens with zero attached hydrogens (tertiary/aromatic N) is 1. The predicted molar refractivity (Wildman–Crippen MR) is 98.9 cm³/mol. The van der Waals surface area contributed by atoms with E-state index in [-0.39, 0.29) is 17.2 Å². The zero-order chi connectivity index (χ0) is 17.8. The lowest BCUT2D eigenvalue weighted by Gasteiger charge is -2.16. The minimum atomic E-state index is -0.484. The number of H-pyrrole nitrogens is 2. The Morgan fingerprint density at radius 3 is 2.62 bits per heavy atom. The van der Waals surface area contributed by atoms with Crippen molar-refractivity contribution in [3.63, 3.8) is 0 Å². The highest BCUT2D eigenvalue weighted by molar-refractivity contribution is 6.07. The second kappa shape index (κ2) is 5.52. The van der Waals surface area contributed by atoms with Gasteiger partial charge in [-0.05, 0) is 31.0 Å². The number of benzene rings is 1. The zero-order valence-electron chi connectivity index (χ0n) is 14.2. The molecule has 3 heterocycles. The summed E-state index contributed by atoms with van der Waals surface area (Å²) in [6.45, 7) is 0. The summed E-state index contributed by atoms with van der Waals surface area (Å²) in [6.07, 6.45) is 6.86. The summed E-state index contributed by atoms with van der Waals surface area (Å²) < 4.78 is 7.61. The Bertz CT molecular complexity index is 1250. The molecule has 0 saturated heterocycles. The number of rotatable bonds is 1. The third-order valence-electron chi connectivity index (χ3n) is 5.49. The van der Waals surface area contributed by atoms with Crippen LogP contribution in [-0.4, -0.2) is 19.9 Å². The summed E-state index contributed by atoms with van der Waals surface area (Å²) in [7, 11) is 0. The number of aromatic nitrogens is 3. The Labute approximate surface area is 147 Å². The van der Waals surface area contributed by atoms with Crippen LogP contribution in [0.15, 0.2) is 32.2 Å². The lowest BCUT2D eigenvalue weighted by Crippen LogP contribution is -2.13. The third-order valence-corrected chi connectivity index (χ3v) is 5.49. The highest BCUT2D eigenvalue weighted by atomic mass is 16.4. The van der Waals surface area contributed by atoms with Gasteiger partial charge in [0.05, 0.1) is 16.9 Å². The van der Waals surface area contributed by atoms with Crippen LogP contribution < -0.4 is 11.0 Å². The Morgan fingerprint density at radius 1 is 1.08 bits per heavy atom. The molecule has 0 spiro atoms. The summed E-state index contributed by atoms with van der Waals surface area (Å²) >= 11 is 0. The molecule has 1 aromatic carbocycles. The summed E-state index contributed by atoms with van der Waals surface area (Å²) in [5, 5.41) is 14.1. The van der Waals surface area contributed by atoms with Crippen LogP contribution in [-0.2, 0) is 0 Å². The highest BCUT2D eigenvalue weighted by Gasteiger charge is 2.21. The SMILES string of the molecule is O=c1ccc2c(oc3cc4c(=O)[nH]n(C5CCCCCC5)c4[nH]c32)c1O. The summed E-state index contributed by atoms with van der Waals surface area (Å²) in [6, 6.07) is 4.89. The fraction of sp³-hybridized carbons (Fsp3) is 0.368. The maximum atomic E-state index is 12.5. The number of hydrogen-bond acceptors (Lipinski definition) is 4. The molecule has 3 N–H and O–H groups in total. The molecule has 0 aliphatic heterocycles. The molecule has 1 fully saturated rings.